The first kappa shape index (κ1) is 13.1. The summed E-state index contributed by atoms with van der Waals surface area (Å²) in [5.41, 5.74) is 9.26. The van der Waals surface area contributed by atoms with Crippen LogP contribution in [0.5, 0.6) is 0 Å². The molecule has 0 bridgehead atoms. The number of rotatable bonds is 4. The molecule has 0 unspecified atom stereocenters. The van der Waals surface area contributed by atoms with Crippen LogP contribution in [-0.2, 0) is 11.2 Å². The van der Waals surface area contributed by atoms with Crippen molar-refractivity contribution in [3.05, 3.63) is 34.9 Å². The third-order valence-electron chi connectivity index (χ3n) is 3.87. The molecule has 1 aliphatic rings. The number of amides is 1. The first-order chi connectivity index (χ1) is 8.42. The van der Waals surface area contributed by atoms with Gasteiger partial charge in [-0.1, -0.05) is 18.2 Å². The van der Waals surface area contributed by atoms with Crippen LogP contribution in [0, 0.1) is 13.8 Å². The number of carbonyl (C=O) groups is 1. The van der Waals surface area contributed by atoms with Gasteiger partial charge < -0.3 is 10.6 Å². The Labute approximate surface area is 109 Å². The van der Waals surface area contributed by atoms with Crippen LogP contribution in [0.25, 0.3) is 0 Å². The number of aryl methyl sites for hydroxylation is 2. The zero-order chi connectivity index (χ0) is 13.3. The molecule has 2 rings (SSSR count). The lowest BCUT2D eigenvalue weighted by Crippen LogP contribution is -2.44. The summed E-state index contributed by atoms with van der Waals surface area (Å²) in [6.45, 7) is 4.97. The second-order valence-corrected chi connectivity index (χ2v) is 5.55. The van der Waals surface area contributed by atoms with Gasteiger partial charge in [0.25, 0.3) is 0 Å². The Bertz CT molecular complexity index is 464. The van der Waals surface area contributed by atoms with Gasteiger partial charge in [0.05, 0.1) is 5.54 Å². The van der Waals surface area contributed by atoms with Crippen LogP contribution >= 0.6 is 0 Å². The maximum atomic E-state index is 12.0. The SMILES string of the molecule is Cc1ccc(CCN(C)C(=O)C2(N)CC2)cc1C. The van der Waals surface area contributed by atoms with Gasteiger partial charge >= 0.3 is 0 Å². The van der Waals surface area contributed by atoms with Gasteiger partial charge in [0.1, 0.15) is 0 Å². The van der Waals surface area contributed by atoms with E-state index in [-0.39, 0.29) is 5.91 Å². The van der Waals surface area contributed by atoms with E-state index < -0.39 is 5.54 Å². The van der Waals surface area contributed by atoms with Gasteiger partial charge in [0.2, 0.25) is 5.91 Å². The zero-order valence-corrected chi connectivity index (χ0v) is 11.5. The summed E-state index contributed by atoms with van der Waals surface area (Å²) in [6, 6.07) is 6.47. The third kappa shape index (κ3) is 2.72. The highest BCUT2D eigenvalue weighted by atomic mass is 16.2. The number of nitrogens with two attached hydrogens (primary N) is 1. The van der Waals surface area contributed by atoms with Crippen LogP contribution in [0.2, 0.25) is 0 Å². The summed E-state index contributed by atoms with van der Waals surface area (Å²) in [6.07, 6.45) is 2.55. The largest absolute Gasteiger partial charge is 0.344 e. The number of carbonyl (C=O) groups excluding carboxylic acids is 1. The molecule has 1 aromatic rings. The Hall–Kier alpha value is -1.35. The fraction of sp³-hybridized carbons (Fsp3) is 0.533. The van der Waals surface area contributed by atoms with Crippen molar-refractivity contribution in [3.8, 4) is 0 Å². The van der Waals surface area contributed by atoms with Gasteiger partial charge in [-0.05, 0) is 49.8 Å². The van der Waals surface area contributed by atoms with Crippen LogP contribution in [-0.4, -0.2) is 29.9 Å². The molecule has 0 saturated heterocycles. The van der Waals surface area contributed by atoms with Crippen LogP contribution < -0.4 is 5.73 Å². The van der Waals surface area contributed by atoms with Crippen molar-refractivity contribution in [2.45, 2.75) is 38.6 Å². The lowest BCUT2D eigenvalue weighted by Gasteiger charge is -2.21. The first-order valence-corrected chi connectivity index (χ1v) is 6.53. The molecule has 3 heteroatoms. The Morgan fingerprint density at radius 2 is 2.00 bits per heavy atom. The highest BCUT2D eigenvalue weighted by molar-refractivity contribution is 5.88. The topological polar surface area (TPSA) is 46.3 Å². The number of likely N-dealkylation sites (N-methyl/N-ethyl adjacent to an activating group) is 1. The maximum Gasteiger partial charge on any atom is 0.242 e. The fourth-order valence-corrected chi connectivity index (χ4v) is 2.09. The average molecular weight is 246 g/mol. The second-order valence-electron chi connectivity index (χ2n) is 5.55. The van der Waals surface area contributed by atoms with Crippen LogP contribution in [0.15, 0.2) is 18.2 Å². The standard InChI is InChI=1S/C15H22N2O/c1-11-4-5-13(10-12(11)2)6-9-17(3)14(18)15(16)7-8-15/h4-5,10H,6-9,16H2,1-3H3. The third-order valence-corrected chi connectivity index (χ3v) is 3.87. The van der Waals surface area contributed by atoms with Gasteiger partial charge in [0, 0.05) is 13.6 Å². The molecule has 18 heavy (non-hydrogen) atoms. The Balaban J connectivity index is 1.91. The van der Waals surface area contributed by atoms with E-state index in [1.54, 1.807) is 4.90 Å². The van der Waals surface area contributed by atoms with Crippen molar-refractivity contribution in [2.75, 3.05) is 13.6 Å². The van der Waals surface area contributed by atoms with E-state index in [4.69, 9.17) is 5.73 Å². The number of hydrogen-bond donors (Lipinski definition) is 1. The molecule has 0 radical (unpaired) electrons. The van der Waals surface area contributed by atoms with E-state index in [1.165, 1.54) is 16.7 Å². The van der Waals surface area contributed by atoms with E-state index in [0.717, 1.165) is 25.8 Å². The molecule has 0 spiro atoms. The van der Waals surface area contributed by atoms with Crippen LogP contribution in [0.3, 0.4) is 0 Å². The van der Waals surface area contributed by atoms with Crippen molar-refractivity contribution in [3.63, 3.8) is 0 Å². The van der Waals surface area contributed by atoms with Crippen LogP contribution in [0.4, 0.5) is 0 Å². The first-order valence-electron chi connectivity index (χ1n) is 6.53. The molecule has 1 saturated carbocycles. The minimum Gasteiger partial charge on any atom is -0.344 e. The second kappa shape index (κ2) is 4.73. The molecule has 0 aliphatic heterocycles. The van der Waals surface area contributed by atoms with E-state index in [9.17, 15) is 4.79 Å². The van der Waals surface area contributed by atoms with Gasteiger partial charge in [-0.15, -0.1) is 0 Å². The normalized spacial score (nSPS) is 16.4. The molecule has 0 heterocycles. The van der Waals surface area contributed by atoms with Crippen LogP contribution in [0.1, 0.15) is 29.5 Å². The van der Waals surface area contributed by atoms with Gasteiger partial charge in [-0.25, -0.2) is 0 Å². The zero-order valence-electron chi connectivity index (χ0n) is 11.5. The van der Waals surface area contributed by atoms with E-state index >= 15 is 0 Å². The predicted octanol–water partition coefficient (Wildman–Crippen LogP) is 1.80. The summed E-state index contributed by atoms with van der Waals surface area (Å²) in [4.78, 5) is 13.7. The molecule has 0 atom stereocenters. The van der Waals surface area contributed by atoms with Gasteiger partial charge in [-0.2, -0.15) is 0 Å². The summed E-state index contributed by atoms with van der Waals surface area (Å²) >= 11 is 0. The lowest BCUT2D eigenvalue weighted by atomic mass is 10.0. The molecule has 3 nitrogen and oxygen atoms in total. The highest BCUT2D eigenvalue weighted by Gasteiger charge is 2.47. The quantitative estimate of drug-likeness (QED) is 0.880. The van der Waals surface area contributed by atoms with E-state index in [1.807, 2.05) is 7.05 Å². The maximum absolute atomic E-state index is 12.0. The van der Waals surface area contributed by atoms with Crippen molar-refractivity contribution in [1.82, 2.24) is 4.90 Å². The molecule has 98 valence electrons. The van der Waals surface area contributed by atoms with E-state index in [0.29, 0.717) is 0 Å². The number of nitrogens with zero attached hydrogens (tertiary/aromatic N) is 1. The van der Waals surface area contributed by atoms with Gasteiger partial charge in [-0.3, -0.25) is 4.79 Å². The summed E-state index contributed by atoms with van der Waals surface area (Å²) in [5.74, 6) is 0.0892. The Kier molecular flexibility index (Phi) is 3.44. The highest BCUT2D eigenvalue weighted by Crippen LogP contribution is 2.33. The fourth-order valence-electron chi connectivity index (χ4n) is 2.09. The molecule has 1 fully saturated rings. The summed E-state index contributed by atoms with van der Waals surface area (Å²) in [7, 11) is 1.84. The number of benzene rings is 1. The van der Waals surface area contributed by atoms with E-state index in [2.05, 4.69) is 32.0 Å². The smallest absolute Gasteiger partial charge is 0.242 e. The molecule has 0 aromatic heterocycles. The molecule has 1 amide bonds. The molecule has 1 aromatic carbocycles. The van der Waals surface area contributed by atoms with Gasteiger partial charge in [0.15, 0.2) is 0 Å². The number of hydrogen-bond acceptors (Lipinski definition) is 2. The minimum atomic E-state index is -0.544. The monoisotopic (exact) mass is 246 g/mol. The molecular formula is C15H22N2O. The van der Waals surface area contributed by atoms with Crippen molar-refractivity contribution < 1.29 is 4.79 Å². The Morgan fingerprint density at radius 1 is 1.33 bits per heavy atom. The summed E-state index contributed by atoms with van der Waals surface area (Å²) < 4.78 is 0. The minimum absolute atomic E-state index is 0.0892. The molecule has 2 N–H and O–H groups in total. The lowest BCUT2D eigenvalue weighted by molar-refractivity contribution is -0.132. The molecule has 1 aliphatic carbocycles. The van der Waals surface area contributed by atoms with Crippen molar-refractivity contribution in [2.24, 2.45) is 5.73 Å². The summed E-state index contributed by atoms with van der Waals surface area (Å²) in [5, 5.41) is 0. The van der Waals surface area contributed by atoms with Crippen molar-refractivity contribution in [1.29, 1.82) is 0 Å². The van der Waals surface area contributed by atoms with Crippen molar-refractivity contribution >= 4 is 5.91 Å². The predicted molar refractivity (Wildman–Crippen MR) is 73.4 cm³/mol. The Morgan fingerprint density at radius 3 is 2.56 bits per heavy atom. The molecular weight excluding hydrogens is 224 g/mol. The average Bonchev–Trinajstić information content (AvgIpc) is 3.09.